The van der Waals surface area contributed by atoms with E-state index in [4.69, 9.17) is 9.47 Å². The van der Waals surface area contributed by atoms with E-state index in [0.29, 0.717) is 0 Å². The van der Waals surface area contributed by atoms with E-state index in [1.807, 2.05) is 0 Å². The highest BCUT2D eigenvalue weighted by Crippen LogP contribution is 2.36. The Balaban J connectivity index is 1.97. The van der Waals surface area contributed by atoms with Crippen molar-refractivity contribution in [1.82, 2.24) is 0 Å². The van der Waals surface area contributed by atoms with Crippen molar-refractivity contribution in [3.8, 4) is 23.0 Å². The number of ether oxygens (including phenoxy) is 2. The maximum atomic E-state index is 12.8. The van der Waals surface area contributed by atoms with Gasteiger partial charge in [0.1, 0.15) is 46.9 Å². The van der Waals surface area contributed by atoms with Crippen molar-refractivity contribution in [2.24, 2.45) is 0 Å². The van der Waals surface area contributed by atoms with Crippen molar-refractivity contribution < 1.29 is 44.9 Å². The van der Waals surface area contributed by atoms with Gasteiger partial charge >= 0.3 is 0 Å². The molecule has 0 aliphatic carbocycles. The average Bonchev–Trinajstić information content (AvgIpc) is 2.64. The fraction of sp³-hybridized carbons (Fsp3) is 0.316. The van der Waals surface area contributed by atoms with Crippen molar-refractivity contribution in [2.45, 2.75) is 37.6 Å². The molecule has 1 heterocycles. The molecule has 0 aromatic heterocycles. The van der Waals surface area contributed by atoms with Crippen LogP contribution in [0.4, 0.5) is 0 Å². The third-order valence-corrected chi connectivity index (χ3v) is 4.47. The standard InChI is InChI=1S/C19H20O9/c1-8-15(23)17(25)18(26)19(27-8)28-13-7-11(21)6-12(22)14(13)16(24)9-2-4-10(20)5-3-9/h2-8,15,17-23,25-26H,1H3/t8-,15-,17+,18+,19-/m0/s1. The molecule has 1 aliphatic heterocycles. The van der Waals surface area contributed by atoms with Crippen molar-refractivity contribution >= 4 is 5.78 Å². The molecule has 0 unspecified atom stereocenters. The Labute approximate surface area is 159 Å². The molecule has 3 rings (SSSR count). The highest BCUT2D eigenvalue weighted by atomic mass is 16.7. The molecule has 9 heteroatoms. The lowest BCUT2D eigenvalue weighted by molar-refractivity contribution is -0.268. The molecular formula is C19H20O9. The van der Waals surface area contributed by atoms with Crippen LogP contribution in [0.5, 0.6) is 23.0 Å². The molecular weight excluding hydrogens is 372 g/mol. The van der Waals surface area contributed by atoms with Crippen molar-refractivity contribution in [3.63, 3.8) is 0 Å². The van der Waals surface area contributed by atoms with E-state index in [-0.39, 0.29) is 22.6 Å². The predicted molar refractivity (Wildman–Crippen MR) is 94.3 cm³/mol. The fourth-order valence-electron chi connectivity index (χ4n) is 2.90. The van der Waals surface area contributed by atoms with Crippen LogP contribution >= 0.6 is 0 Å². The maximum Gasteiger partial charge on any atom is 0.229 e. The highest BCUT2D eigenvalue weighted by Gasteiger charge is 2.43. The van der Waals surface area contributed by atoms with Gasteiger partial charge in [0.15, 0.2) is 0 Å². The summed E-state index contributed by atoms with van der Waals surface area (Å²) < 4.78 is 10.8. The van der Waals surface area contributed by atoms with Crippen LogP contribution in [-0.2, 0) is 4.74 Å². The van der Waals surface area contributed by atoms with Crippen LogP contribution in [0, 0.1) is 0 Å². The van der Waals surface area contributed by atoms with Crippen LogP contribution in [0.3, 0.4) is 0 Å². The topological polar surface area (TPSA) is 157 Å². The van der Waals surface area contributed by atoms with E-state index in [1.54, 1.807) is 0 Å². The van der Waals surface area contributed by atoms with Crippen molar-refractivity contribution in [1.29, 1.82) is 0 Å². The number of aliphatic hydroxyl groups excluding tert-OH is 3. The van der Waals surface area contributed by atoms with Gasteiger partial charge in [-0.05, 0) is 31.2 Å². The van der Waals surface area contributed by atoms with Crippen LogP contribution in [0.25, 0.3) is 0 Å². The zero-order valence-electron chi connectivity index (χ0n) is 14.8. The summed E-state index contributed by atoms with van der Waals surface area (Å²) in [6.07, 6.45) is -6.90. The Bertz CT molecular complexity index is 864. The minimum absolute atomic E-state index is 0.0526. The lowest BCUT2D eigenvalue weighted by atomic mass is 9.99. The molecule has 150 valence electrons. The molecule has 5 atom stereocenters. The summed E-state index contributed by atoms with van der Waals surface area (Å²) in [5.41, 5.74) is -0.190. The van der Waals surface area contributed by atoms with Crippen LogP contribution in [0.15, 0.2) is 36.4 Å². The second-order valence-electron chi connectivity index (χ2n) is 6.51. The monoisotopic (exact) mass is 392 g/mol. The minimum Gasteiger partial charge on any atom is -0.508 e. The molecule has 1 saturated heterocycles. The van der Waals surface area contributed by atoms with Gasteiger partial charge in [-0.15, -0.1) is 0 Å². The number of rotatable bonds is 4. The Morgan fingerprint density at radius 3 is 2.21 bits per heavy atom. The van der Waals surface area contributed by atoms with E-state index >= 15 is 0 Å². The molecule has 0 saturated carbocycles. The predicted octanol–water partition coefficient (Wildman–Crippen LogP) is 0.241. The Morgan fingerprint density at radius 1 is 0.929 bits per heavy atom. The Kier molecular flexibility index (Phi) is 5.43. The normalized spacial score (nSPS) is 27.4. The van der Waals surface area contributed by atoms with Gasteiger partial charge in [-0.2, -0.15) is 0 Å². The third kappa shape index (κ3) is 3.73. The van der Waals surface area contributed by atoms with Crippen molar-refractivity contribution in [3.05, 3.63) is 47.5 Å². The first-order chi connectivity index (χ1) is 13.2. The zero-order valence-corrected chi connectivity index (χ0v) is 14.8. The van der Waals surface area contributed by atoms with Crippen molar-refractivity contribution in [2.75, 3.05) is 0 Å². The molecule has 2 aromatic rings. The first-order valence-corrected chi connectivity index (χ1v) is 8.45. The summed E-state index contributed by atoms with van der Waals surface area (Å²) in [6.45, 7) is 1.46. The number of ketones is 1. The molecule has 0 bridgehead atoms. The summed E-state index contributed by atoms with van der Waals surface area (Å²) in [5.74, 6) is -2.01. The van der Waals surface area contributed by atoms with E-state index in [9.17, 15) is 35.4 Å². The van der Waals surface area contributed by atoms with E-state index < -0.39 is 48.0 Å². The minimum atomic E-state index is -1.65. The lowest BCUT2D eigenvalue weighted by Crippen LogP contribution is -2.58. The second kappa shape index (κ2) is 7.64. The fourth-order valence-corrected chi connectivity index (χ4v) is 2.90. The molecule has 0 radical (unpaired) electrons. The third-order valence-electron chi connectivity index (χ3n) is 4.47. The number of aliphatic hydroxyl groups is 3. The van der Waals surface area contributed by atoms with Gasteiger partial charge in [0.05, 0.1) is 6.10 Å². The Morgan fingerprint density at radius 2 is 1.57 bits per heavy atom. The van der Waals surface area contributed by atoms with Crippen LogP contribution < -0.4 is 4.74 Å². The van der Waals surface area contributed by atoms with Gasteiger partial charge in [0.25, 0.3) is 0 Å². The van der Waals surface area contributed by atoms with E-state index in [0.717, 1.165) is 12.1 Å². The number of hydrogen-bond donors (Lipinski definition) is 6. The molecule has 28 heavy (non-hydrogen) atoms. The summed E-state index contributed by atoms with van der Waals surface area (Å²) in [6, 6.07) is 7.24. The lowest BCUT2D eigenvalue weighted by Gasteiger charge is -2.39. The SMILES string of the molecule is C[C@@H]1O[C@@H](Oc2cc(O)cc(O)c2C(=O)c2ccc(O)cc2)[C@H](O)[C@H](O)[C@H]1O. The molecule has 0 spiro atoms. The van der Waals surface area contributed by atoms with Gasteiger partial charge in [0, 0.05) is 17.7 Å². The number of hydrogen-bond acceptors (Lipinski definition) is 9. The first kappa shape index (κ1) is 19.9. The summed E-state index contributed by atoms with van der Waals surface area (Å²) in [4.78, 5) is 12.8. The molecule has 6 N–H and O–H groups in total. The first-order valence-electron chi connectivity index (χ1n) is 8.45. The van der Waals surface area contributed by atoms with Gasteiger partial charge in [-0.25, -0.2) is 0 Å². The number of carbonyl (C=O) groups is 1. The van der Waals surface area contributed by atoms with E-state index in [1.165, 1.54) is 31.2 Å². The molecule has 1 aliphatic rings. The van der Waals surface area contributed by atoms with Gasteiger partial charge in [-0.1, -0.05) is 0 Å². The molecule has 1 fully saturated rings. The number of aromatic hydroxyl groups is 3. The molecule has 9 nitrogen and oxygen atoms in total. The Hall–Kier alpha value is -2.85. The number of phenolic OH excluding ortho intramolecular Hbond substituents is 3. The van der Waals surface area contributed by atoms with Gasteiger partial charge in [-0.3, -0.25) is 4.79 Å². The van der Waals surface area contributed by atoms with Gasteiger partial charge in [0.2, 0.25) is 12.1 Å². The average molecular weight is 392 g/mol. The summed E-state index contributed by atoms with van der Waals surface area (Å²) in [7, 11) is 0. The smallest absolute Gasteiger partial charge is 0.229 e. The quantitative estimate of drug-likeness (QED) is 0.401. The van der Waals surface area contributed by atoms with Crippen LogP contribution in [0.2, 0.25) is 0 Å². The zero-order chi connectivity index (χ0) is 20.6. The molecule has 2 aromatic carbocycles. The van der Waals surface area contributed by atoms with Crippen LogP contribution in [0.1, 0.15) is 22.8 Å². The van der Waals surface area contributed by atoms with E-state index in [2.05, 4.69) is 0 Å². The number of benzene rings is 2. The van der Waals surface area contributed by atoms with Crippen LogP contribution in [-0.4, -0.2) is 67.1 Å². The number of phenols is 3. The summed E-state index contributed by atoms with van der Waals surface area (Å²) in [5, 5.41) is 59.1. The van der Waals surface area contributed by atoms with Gasteiger partial charge < -0.3 is 40.1 Å². The number of carbonyl (C=O) groups excluding carboxylic acids is 1. The largest absolute Gasteiger partial charge is 0.508 e. The highest BCUT2D eigenvalue weighted by molar-refractivity contribution is 6.12. The second-order valence-corrected chi connectivity index (χ2v) is 6.51. The maximum absolute atomic E-state index is 12.8. The molecule has 0 amide bonds. The summed E-state index contributed by atoms with van der Waals surface area (Å²) >= 11 is 0.